The van der Waals surface area contributed by atoms with Gasteiger partial charge < -0.3 is 14.5 Å². The molecule has 0 radical (unpaired) electrons. The standard InChI is InChI=1S/C16H16BrN3O4/c17-14-5-4-13(24-14)16(22)18-11-7-23-8-12(11)20-15(21)6-3-10(19-20)9-1-2-9/h3-6,9,11-12H,1-2,7-8H2,(H,18,22). The number of furan rings is 1. The lowest BCUT2D eigenvalue weighted by Crippen LogP contribution is -2.44. The summed E-state index contributed by atoms with van der Waals surface area (Å²) < 4.78 is 12.7. The number of rotatable bonds is 4. The van der Waals surface area contributed by atoms with Gasteiger partial charge in [-0.1, -0.05) is 0 Å². The number of nitrogens with one attached hydrogen (secondary N) is 1. The molecule has 1 amide bonds. The van der Waals surface area contributed by atoms with Crippen LogP contribution in [0.3, 0.4) is 0 Å². The van der Waals surface area contributed by atoms with Crippen LogP contribution in [0.25, 0.3) is 0 Å². The molecule has 0 aromatic carbocycles. The Morgan fingerprint density at radius 3 is 2.79 bits per heavy atom. The van der Waals surface area contributed by atoms with E-state index in [1.807, 2.05) is 0 Å². The second-order valence-corrected chi connectivity index (χ2v) is 6.89. The van der Waals surface area contributed by atoms with Crippen molar-refractivity contribution in [1.82, 2.24) is 15.1 Å². The molecule has 2 aromatic rings. The highest BCUT2D eigenvalue weighted by Gasteiger charge is 2.34. The first-order valence-corrected chi connectivity index (χ1v) is 8.65. The van der Waals surface area contributed by atoms with Gasteiger partial charge in [0.2, 0.25) is 0 Å². The number of carbonyl (C=O) groups excluding carboxylic acids is 1. The monoisotopic (exact) mass is 393 g/mol. The summed E-state index contributed by atoms with van der Waals surface area (Å²) in [5.74, 6) is 0.319. The van der Waals surface area contributed by atoms with Crippen molar-refractivity contribution in [1.29, 1.82) is 0 Å². The van der Waals surface area contributed by atoms with Crippen LogP contribution in [0, 0.1) is 0 Å². The third-order valence-electron chi connectivity index (χ3n) is 4.32. The smallest absolute Gasteiger partial charge is 0.287 e. The molecule has 2 aliphatic rings. The number of ether oxygens (including phenoxy) is 1. The van der Waals surface area contributed by atoms with Crippen molar-refractivity contribution < 1.29 is 13.9 Å². The van der Waals surface area contributed by atoms with Gasteiger partial charge in [0.1, 0.15) is 6.04 Å². The summed E-state index contributed by atoms with van der Waals surface area (Å²) >= 11 is 3.17. The Hall–Kier alpha value is -1.93. The first-order chi connectivity index (χ1) is 11.6. The maximum Gasteiger partial charge on any atom is 0.287 e. The molecule has 126 valence electrons. The molecule has 4 rings (SSSR count). The topological polar surface area (TPSA) is 86.4 Å². The zero-order chi connectivity index (χ0) is 16.7. The molecule has 8 heteroatoms. The molecular formula is C16H16BrN3O4. The average molecular weight is 394 g/mol. The van der Waals surface area contributed by atoms with Crippen LogP contribution in [0.2, 0.25) is 0 Å². The molecule has 1 aliphatic heterocycles. The zero-order valence-electron chi connectivity index (χ0n) is 12.8. The lowest BCUT2D eigenvalue weighted by atomic mass is 10.1. The van der Waals surface area contributed by atoms with E-state index in [1.54, 1.807) is 24.3 Å². The van der Waals surface area contributed by atoms with Gasteiger partial charge in [-0.2, -0.15) is 5.10 Å². The van der Waals surface area contributed by atoms with Gasteiger partial charge in [-0.15, -0.1) is 0 Å². The molecule has 1 N–H and O–H groups in total. The number of hydrogen-bond acceptors (Lipinski definition) is 5. The Morgan fingerprint density at radius 2 is 2.08 bits per heavy atom. The van der Waals surface area contributed by atoms with Gasteiger partial charge >= 0.3 is 0 Å². The fourth-order valence-electron chi connectivity index (χ4n) is 2.87. The molecule has 1 saturated heterocycles. The van der Waals surface area contributed by atoms with E-state index < -0.39 is 0 Å². The highest BCUT2D eigenvalue weighted by molar-refractivity contribution is 9.10. The molecule has 2 fully saturated rings. The molecule has 2 unspecified atom stereocenters. The van der Waals surface area contributed by atoms with Gasteiger partial charge in [-0.05, 0) is 47.0 Å². The number of aromatic nitrogens is 2. The van der Waals surface area contributed by atoms with Crippen molar-refractivity contribution in [2.75, 3.05) is 13.2 Å². The van der Waals surface area contributed by atoms with E-state index in [2.05, 4.69) is 26.3 Å². The first kappa shape index (κ1) is 15.6. The number of carbonyl (C=O) groups is 1. The van der Waals surface area contributed by atoms with E-state index in [9.17, 15) is 9.59 Å². The average Bonchev–Trinajstić information content (AvgIpc) is 3.17. The van der Waals surface area contributed by atoms with Crippen LogP contribution >= 0.6 is 15.9 Å². The van der Waals surface area contributed by atoms with Crippen molar-refractivity contribution >= 4 is 21.8 Å². The van der Waals surface area contributed by atoms with Crippen molar-refractivity contribution in [2.24, 2.45) is 0 Å². The summed E-state index contributed by atoms with van der Waals surface area (Å²) in [4.78, 5) is 24.5. The minimum Gasteiger partial charge on any atom is -0.444 e. The Balaban J connectivity index is 1.55. The highest BCUT2D eigenvalue weighted by Crippen LogP contribution is 2.38. The van der Waals surface area contributed by atoms with E-state index >= 15 is 0 Å². The van der Waals surface area contributed by atoms with E-state index in [4.69, 9.17) is 9.15 Å². The van der Waals surface area contributed by atoms with E-state index in [-0.39, 0.29) is 29.3 Å². The Bertz CT molecular complexity index is 827. The maximum atomic E-state index is 12.3. The number of nitrogens with zero attached hydrogens (tertiary/aromatic N) is 2. The second kappa shape index (κ2) is 6.18. The van der Waals surface area contributed by atoms with Gasteiger partial charge in [0.15, 0.2) is 10.4 Å². The maximum absolute atomic E-state index is 12.3. The van der Waals surface area contributed by atoms with Crippen LogP contribution < -0.4 is 10.9 Å². The number of hydrogen-bond donors (Lipinski definition) is 1. The molecule has 1 saturated carbocycles. The predicted molar refractivity (Wildman–Crippen MR) is 88.0 cm³/mol. The lowest BCUT2D eigenvalue weighted by Gasteiger charge is -2.20. The summed E-state index contributed by atoms with van der Waals surface area (Å²) in [6, 6.07) is 5.92. The minimum absolute atomic E-state index is 0.185. The third-order valence-corrected chi connectivity index (χ3v) is 4.75. The molecule has 0 spiro atoms. The molecule has 24 heavy (non-hydrogen) atoms. The Morgan fingerprint density at radius 1 is 1.25 bits per heavy atom. The number of halogens is 1. The summed E-state index contributed by atoms with van der Waals surface area (Å²) in [6.45, 7) is 0.674. The van der Waals surface area contributed by atoms with Gasteiger partial charge in [0, 0.05) is 12.0 Å². The van der Waals surface area contributed by atoms with Crippen molar-refractivity contribution in [3.63, 3.8) is 0 Å². The highest BCUT2D eigenvalue weighted by atomic mass is 79.9. The van der Waals surface area contributed by atoms with Crippen LogP contribution in [0.1, 0.15) is 41.1 Å². The molecule has 0 bridgehead atoms. The fraction of sp³-hybridized carbons (Fsp3) is 0.438. The van der Waals surface area contributed by atoms with Crippen LogP contribution in [0.4, 0.5) is 0 Å². The van der Waals surface area contributed by atoms with Gasteiger partial charge in [-0.3, -0.25) is 9.59 Å². The van der Waals surface area contributed by atoms with E-state index in [0.29, 0.717) is 23.8 Å². The van der Waals surface area contributed by atoms with Gasteiger partial charge in [0.05, 0.1) is 24.9 Å². The van der Waals surface area contributed by atoms with E-state index in [1.165, 1.54) is 4.68 Å². The van der Waals surface area contributed by atoms with Crippen LogP contribution in [0.15, 0.2) is 38.1 Å². The van der Waals surface area contributed by atoms with Gasteiger partial charge in [0.25, 0.3) is 11.5 Å². The van der Waals surface area contributed by atoms with Crippen molar-refractivity contribution in [3.05, 3.63) is 50.7 Å². The summed E-state index contributed by atoms with van der Waals surface area (Å²) in [5.41, 5.74) is 0.747. The van der Waals surface area contributed by atoms with Crippen molar-refractivity contribution in [2.45, 2.75) is 30.8 Å². The normalized spacial score (nSPS) is 23.4. The Labute approximate surface area is 146 Å². The molecule has 2 aromatic heterocycles. The number of amides is 1. The SMILES string of the molecule is O=C(NC1COCC1n1nc(C2CC2)ccc1=O)c1ccc(Br)o1. The summed E-state index contributed by atoms with van der Waals surface area (Å²) in [5, 5.41) is 7.36. The Kier molecular flexibility index (Phi) is 4.01. The molecule has 2 atom stereocenters. The van der Waals surface area contributed by atoms with Crippen LogP contribution in [-0.4, -0.2) is 34.9 Å². The largest absolute Gasteiger partial charge is 0.444 e. The lowest BCUT2D eigenvalue weighted by molar-refractivity contribution is 0.0895. The predicted octanol–water partition coefficient (Wildman–Crippen LogP) is 1.85. The van der Waals surface area contributed by atoms with Gasteiger partial charge in [-0.25, -0.2) is 4.68 Å². The van der Waals surface area contributed by atoms with E-state index in [0.717, 1.165) is 18.5 Å². The molecule has 3 heterocycles. The molecular weight excluding hydrogens is 378 g/mol. The molecule has 7 nitrogen and oxygen atoms in total. The first-order valence-electron chi connectivity index (χ1n) is 7.85. The summed E-state index contributed by atoms with van der Waals surface area (Å²) in [7, 11) is 0. The van der Waals surface area contributed by atoms with Crippen LogP contribution in [0.5, 0.6) is 0 Å². The quantitative estimate of drug-likeness (QED) is 0.856. The van der Waals surface area contributed by atoms with Crippen LogP contribution in [-0.2, 0) is 4.74 Å². The molecule has 1 aliphatic carbocycles. The third kappa shape index (κ3) is 3.03. The second-order valence-electron chi connectivity index (χ2n) is 6.10. The fourth-order valence-corrected chi connectivity index (χ4v) is 3.18. The summed E-state index contributed by atoms with van der Waals surface area (Å²) in [6.07, 6.45) is 2.22. The minimum atomic E-state index is -0.340. The zero-order valence-corrected chi connectivity index (χ0v) is 14.4. The van der Waals surface area contributed by atoms with Crippen molar-refractivity contribution in [3.8, 4) is 0 Å².